The zero-order valence-corrected chi connectivity index (χ0v) is 13.4. The highest BCUT2D eigenvalue weighted by molar-refractivity contribution is 7.11. The molecule has 1 aromatic carbocycles. The van der Waals surface area contributed by atoms with Crippen molar-refractivity contribution in [1.82, 2.24) is 0 Å². The van der Waals surface area contributed by atoms with Crippen molar-refractivity contribution in [3.63, 3.8) is 0 Å². The molecule has 0 fully saturated rings. The van der Waals surface area contributed by atoms with Gasteiger partial charge in [-0.05, 0) is 29.6 Å². The highest BCUT2D eigenvalue weighted by atomic mass is 32.1. The van der Waals surface area contributed by atoms with Gasteiger partial charge in [0.25, 0.3) is 5.78 Å². The van der Waals surface area contributed by atoms with Gasteiger partial charge in [-0.3, -0.25) is 9.79 Å². The van der Waals surface area contributed by atoms with Gasteiger partial charge in [-0.2, -0.15) is 26.3 Å². The highest BCUT2D eigenvalue weighted by Gasteiger charge is 2.42. The molecule has 2 aromatic rings. The SMILES string of the molecule is O=C(/C(C=Nc1cccc(C(F)(F)F)c1)=C(\O)c1cccs1)C(F)(F)F. The van der Waals surface area contributed by atoms with Crippen LogP contribution in [0.1, 0.15) is 10.4 Å². The van der Waals surface area contributed by atoms with E-state index >= 15 is 0 Å². The molecule has 0 aliphatic carbocycles. The van der Waals surface area contributed by atoms with Gasteiger partial charge in [-0.15, -0.1) is 11.3 Å². The van der Waals surface area contributed by atoms with E-state index < -0.39 is 35.0 Å². The van der Waals surface area contributed by atoms with Crippen molar-refractivity contribution < 1.29 is 36.2 Å². The van der Waals surface area contributed by atoms with E-state index in [1.54, 1.807) is 0 Å². The van der Waals surface area contributed by atoms with Crippen LogP contribution >= 0.6 is 11.3 Å². The third-order valence-corrected chi connectivity index (χ3v) is 3.90. The molecular weight excluding hydrogens is 384 g/mol. The van der Waals surface area contributed by atoms with Crippen molar-refractivity contribution in [2.45, 2.75) is 12.4 Å². The number of rotatable bonds is 4. The fourth-order valence-electron chi connectivity index (χ4n) is 1.83. The number of aliphatic hydroxyl groups excluding tert-OH is 1. The summed E-state index contributed by atoms with van der Waals surface area (Å²) in [6, 6.07) is 6.22. The number of aliphatic imine (C=N–C) groups is 1. The molecule has 2 rings (SSSR count). The zero-order valence-electron chi connectivity index (χ0n) is 12.6. The largest absolute Gasteiger partial charge is 0.506 e. The predicted octanol–water partition coefficient (Wildman–Crippen LogP) is 5.57. The first-order valence-corrected chi connectivity index (χ1v) is 7.68. The minimum atomic E-state index is -5.29. The topological polar surface area (TPSA) is 49.7 Å². The Labute approximate surface area is 146 Å². The van der Waals surface area contributed by atoms with Crippen LogP contribution in [0.2, 0.25) is 0 Å². The molecule has 0 aliphatic rings. The maximum absolute atomic E-state index is 12.7. The first kappa shape index (κ1) is 19.7. The monoisotopic (exact) mass is 393 g/mol. The molecule has 138 valence electrons. The smallest absolute Gasteiger partial charge is 0.455 e. The number of alkyl halides is 6. The molecule has 0 saturated heterocycles. The molecule has 1 N–H and O–H groups in total. The number of ketones is 1. The van der Waals surface area contributed by atoms with E-state index in [1.165, 1.54) is 17.5 Å². The van der Waals surface area contributed by atoms with Crippen molar-refractivity contribution in [1.29, 1.82) is 0 Å². The number of carbonyl (C=O) groups is 1. The van der Waals surface area contributed by atoms with Gasteiger partial charge in [0, 0.05) is 6.21 Å². The number of allylic oxidation sites excluding steroid dienone is 1. The summed E-state index contributed by atoms with van der Waals surface area (Å²) in [4.78, 5) is 15.0. The van der Waals surface area contributed by atoms with Crippen LogP contribution in [0.25, 0.3) is 5.76 Å². The van der Waals surface area contributed by atoms with E-state index in [-0.39, 0.29) is 10.6 Å². The quantitative estimate of drug-likeness (QED) is 0.320. The lowest BCUT2D eigenvalue weighted by Gasteiger charge is -2.08. The maximum atomic E-state index is 12.7. The Morgan fingerprint density at radius 1 is 1.08 bits per heavy atom. The minimum absolute atomic E-state index is 0.0203. The molecule has 0 saturated carbocycles. The fourth-order valence-corrected chi connectivity index (χ4v) is 2.51. The Bertz CT molecular complexity index is 850. The number of hydrogen-bond acceptors (Lipinski definition) is 4. The molecule has 0 amide bonds. The molecule has 0 unspecified atom stereocenters. The number of aliphatic hydroxyl groups is 1. The third-order valence-electron chi connectivity index (χ3n) is 3.03. The Balaban J connectivity index is 2.47. The average Bonchev–Trinajstić information content (AvgIpc) is 3.07. The van der Waals surface area contributed by atoms with Gasteiger partial charge in [0.1, 0.15) is 5.76 Å². The summed E-state index contributed by atoms with van der Waals surface area (Å²) in [7, 11) is 0. The van der Waals surface area contributed by atoms with Gasteiger partial charge >= 0.3 is 12.4 Å². The maximum Gasteiger partial charge on any atom is 0.455 e. The summed E-state index contributed by atoms with van der Waals surface area (Å²) in [5.74, 6) is -3.32. The number of halogens is 6. The Morgan fingerprint density at radius 3 is 2.31 bits per heavy atom. The fraction of sp³-hybridized carbons (Fsp3) is 0.125. The molecular formula is C16H9F6NO2S. The van der Waals surface area contributed by atoms with E-state index in [9.17, 15) is 36.2 Å². The molecule has 0 atom stereocenters. The molecule has 0 bridgehead atoms. The number of nitrogens with zero attached hydrogens (tertiary/aromatic N) is 1. The Kier molecular flexibility index (Phi) is 5.55. The Morgan fingerprint density at radius 2 is 1.77 bits per heavy atom. The third kappa shape index (κ3) is 4.72. The van der Waals surface area contributed by atoms with Crippen LogP contribution in [0, 0.1) is 0 Å². The van der Waals surface area contributed by atoms with Crippen molar-refractivity contribution in [3.05, 3.63) is 57.8 Å². The van der Waals surface area contributed by atoms with E-state index in [4.69, 9.17) is 0 Å². The van der Waals surface area contributed by atoms with Crippen LogP contribution in [0.4, 0.5) is 32.0 Å². The van der Waals surface area contributed by atoms with Gasteiger partial charge < -0.3 is 5.11 Å². The van der Waals surface area contributed by atoms with Crippen LogP contribution in [-0.2, 0) is 11.0 Å². The second-order valence-corrected chi connectivity index (χ2v) is 5.82. The van der Waals surface area contributed by atoms with Crippen molar-refractivity contribution in [3.8, 4) is 0 Å². The van der Waals surface area contributed by atoms with Crippen LogP contribution in [0.15, 0.2) is 52.3 Å². The van der Waals surface area contributed by atoms with Crippen LogP contribution in [0.5, 0.6) is 0 Å². The van der Waals surface area contributed by atoms with Crippen LogP contribution < -0.4 is 0 Å². The zero-order chi connectivity index (χ0) is 19.5. The molecule has 0 aliphatic heterocycles. The number of carbonyl (C=O) groups excluding carboxylic acids is 1. The summed E-state index contributed by atoms with van der Waals surface area (Å²) in [6.07, 6.45) is -9.55. The van der Waals surface area contributed by atoms with Gasteiger partial charge in [0.2, 0.25) is 0 Å². The van der Waals surface area contributed by atoms with Gasteiger partial charge in [-0.1, -0.05) is 12.1 Å². The number of thiophene rings is 1. The number of hydrogen-bond donors (Lipinski definition) is 1. The van der Waals surface area contributed by atoms with Crippen LogP contribution in [-0.4, -0.2) is 23.3 Å². The number of Topliss-reactive ketones (excluding diaryl/α,β-unsaturated/α-hetero) is 1. The predicted molar refractivity (Wildman–Crippen MR) is 84.5 cm³/mol. The molecule has 1 aromatic heterocycles. The Hall–Kier alpha value is -2.62. The molecule has 0 radical (unpaired) electrons. The van der Waals surface area contributed by atoms with Gasteiger partial charge in [0.15, 0.2) is 0 Å². The van der Waals surface area contributed by atoms with Crippen molar-refractivity contribution in [2.24, 2.45) is 4.99 Å². The lowest BCUT2D eigenvalue weighted by Crippen LogP contribution is -2.26. The van der Waals surface area contributed by atoms with E-state index in [1.807, 2.05) is 0 Å². The van der Waals surface area contributed by atoms with E-state index in [2.05, 4.69) is 4.99 Å². The summed E-state index contributed by atoms with van der Waals surface area (Å²) < 4.78 is 76.2. The summed E-state index contributed by atoms with van der Waals surface area (Å²) >= 11 is 0.877. The summed E-state index contributed by atoms with van der Waals surface area (Å²) in [5, 5.41) is 11.4. The van der Waals surface area contributed by atoms with Crippen LogP contribution in [0.3, 0.4) is 0 Å². The van der Waals surface area contributed by atoms with Gasteiger partial charge in [-0.25, -0.2) is 0 Å². The molecule has 10 heteroatoms. The van der Waals surface area contributed by atoms with Crippen molar-refractivity contribution >= 4 is 34.8 Å². The van der Waals surface area contributed by atoms with E-state index in [0.717, 1.165) is 29.5 Å². The molecule has 26 heavy (non-hydrogen) atoms. The minimum Gasteiger partial charge on any atom is -0.506 e. The average molecular weight is 393 g/mol. The normalized spacial score (nSPS) is 13.8. The number of benzene rings is 1. The summed E-state index contributed by atoms with van der Waals surface area (Å²) in [5.41, 5.74) is -2.55. The molecule has 1 heterocycles. The standard InChI is InChI=1S/C16H9F6NO2S/c17-15(18,19)9-3-1-4-10(7-9)23-8-11(14(25)16(20,21)22)13(24)12-5-2-6-26-12/h1-8,24H/b13-11-,23-8?. The lowest BCUT2D eigenvalue weighted by atomic mass is 10.1. The second kappa shape index (κ2) is 7.32. The highest BCUT2D eigenvalue weighted by Crippen LogP contribution is 2.32. The van der Waals surface area contributed by atoms with E-state index in [0.29, 0.717) is 12.3 Å². The second-order valence-electron chi connectivity index (χ2n) is 4.87. The summed E-state index contributed by atoms with van der Waals surface area (Å²) in [6.45, 7) is 0. The lowest BCUT2D eigenvalue weighted by molar-refractivity contribution is -0.165. The molecule has 3 nitrogen and oxygen atoms in total. The van der Waals surface area contributed by atoms with Gasteiger partial charge in [0.05, 0.1) is 21.7 Å². The van der Waals surface area contributed by atoms with Crippen molar-refractivity contribution in [2.75, 3.05) is 0 Å². The first-order chi connectivity index (χ1) is 12.0. The molecule has 0 spiro atoms. The first-order valence-electron chi connectivity index (χ1n) is 6.80.